The molecule has 1 aliphatic heterocycles. The number of rotatable bonds is 4. The van der Waals surface area contributed by atoms with E-state index in [9.17, 15) is 0 Å². The summed E-state index contributed by atoms with van der Waals surface area (Å²) in [7, 11) is 0. The summed E-state index contributed by atoms with van der Waals surface area (Å²) in [6.07, 6.45) is 5.00. The van der Waals surface area contributed by atoms with Crippen molar-refractivity contribution in [2.75, 3.05) is 13.2 Å². The van der Waals surface area contributed by atoms with Crippen molar-refractivity contribution in [2.45, 2.75) is 57.9 Å². The number of ether oxygens (including phenoxy) is 1. The first-order valence-electron chi connectivity index (χ1n) is 7.63. The van der Waals surface area contributed by atoms with E-state index in [-0.39, 0.29) is 17.8 Å². The molecule has 120 valence electrons. The first-order valence-corrected chi connectivity index (χ1v) is 8.01. The van der Waals surface area contributed by atoms with E-state index in [1.54, 1.807) is 0 Å². The predicted octanol–water partition coefficient (Wildman–Crippen LogP) is 4.97. The molecule has 1 N–H and O–H groups in total. The molecule has 1 aliphatic rings. The normalized spacial score (nSPS) is 19.0. The molecule has 0 aliphatic carbocycles. The summed E-state index contributed by atoms with van der Waals surface area (Å²) >= 11 is 6.11. The van der Waals surface area contributed by atoms with Gasteiger partial charge < -0.3 is 10.1 Å². The molecule has 21 heavy (non-hydrogen) atoms. The molecule has 1 atom stereocenters. The van der Waals surface area contributed by atoms with Gasteiger partial charge in [-0.15, -0.1) is 12.4 Å². The molecule has 0 spiro atoms. The van der Waals surface area contributed by atoms with Gasteiger partial charge in [-0.05, 0) is 49.4 Å². The van der Waals surface area contributed by atoms with Crippen molar-refractivity contribution in [1.29, 1.82) is 0 Å². The Bertz CT molecular complexity index is 437. The summed E-state index contributed by atoms with van der Waals surface area (Å²) in [4.78, 5) is 0. The van der Waals surface area contributed by atoms with Crippen LogP contribution in [-0.4, -0.2) is 19.2 Å². The van der Waals surface area contributed by atoms with E-state index in [0.29, 0.717) is 6.04 Å². The zero-order valence-corrected chi connectivity index (χ0v) is 14.8. The van der Waals surface area contributed by atoms with Gasteiger partial charge in [0.15, 0.2) is 0 Å². The molecule has 1 saturated heterocycles. The average Bonchev–Trinajstić information content (AvgIpc) is 2.40. The van der Waals surface area contributed by atoms with Gasteiger partial charge >= 0.3 is 0 Å². The van der Waals surface area contributed by atoms with Crippen molar-refractivity contribution in [3.63, 3.8) is 0 Å². The zero-order chi connectivity index (χ0) is 14.6. The lowest BCUT2D eigenvalue weighted by atomic mass is 9.86. The molecular formula is C17H27Cl2NO. The molecule has 0 radical (unpaired) electrons. The van der Waals surface area contributed by atoms with Crippen molar-refractivity contribution in [2.24, 2.45) is 0 Å². The minimum absolute atomic E-state index is 0. The van der Waals surface area contributed by atoms with E-state index >= 15 is 0 Å². The van der Waals surface area contributed by atoms with E-state index in [2.05, 4.69) is 26.1 Å². The molecule has 2 nitrogen and oxygen atoms in total. The summed E-state index contributed by atoms with van der Waals surface area (Å²) in [6.45, 7) is 8.48. The molecule has 0 bridgehead atoms. The Morgan fingerprint density at radius 2 is 2.05 bits per heavy atom. The Labute approximate surface area is 140 Å². The number of halogens is 2. The molecule has 1 aromatic rings. The van der Waals surface area contributed by atoms with E-state index in [1.807, 2.05) is 18.2 Å². The summed E-state index contributed by atoms with van der Waals surface area (Å²) in [5.41, 5.74) is 1.23. The number of hydrogen-bond donors (Lipinski definition) is 1. The van der Waals surface area contributed by atoms with Crippen LogP contribution in [0.25, 0.3) is 0 Å². The molecule has 1 heterocycles. The third kappa shape index (κ3) is 5.69. The van der Waals surface area contributed by atoms with Crippen LogP contribution in [-0.2, 0) is 5.41 Å². The number of benzene rings is 1. The highest BCUT2D eigenvalue weighted by molar-refractivity contribution is 6.30. The standard InChI is InChI=1S/C17H26ClNO.ClH/c1-17(2,3)15-12-13(18)7-8-16(15)20-11-9-14-6-4-5-10-19-14;/h7-8,12,14,19H,4-6,9-11H2,1-3H3;1H. The predicted molar refractivity (Wildman–Crippen MR) is 93.2 cm³/mol. The smallest absolute Gasteiger partial charge is 0.123 e. The Balaban J connectivity index is 0.00000220. The van der Waals surface area contributed by atoms with Gasteiger partial charge in [-0.25, -0.2) is 0 Å². The van der Waals surface area contributed by atoms with Gasteiger partial charge in [0.05, 0.1) is 6.61 Å². The second kappa shape index (κ2) is 8.26. The van der Waals surface area contributed by atoms with Crippen molar-refractivity contribution >= 4 is 24.0 Å². The van der Waals surface area contributed by atoms with Gasteiger partial charge in [0, 0.05) is 16.6 Å². The maximum absolute atomic E-state index is 6.11. The van der Waals surface area contributed by atoms with Crippen LogP contribution < -0.4 is 10.1 Å². The highest BCUT2D eigenvalue weighted by Crippen LogP contribution is 2.33. The van der Waals surface area contributed by atoms with Crippen LogP contribution in [0.4, 0.5) is 0 Å². The van der Waals surface area contributed by atoms with E-state index in [4.69, 9.17) is 16.3 Å². The number of nitrogens with one attached hydrogen (secondary N) is 1. The van der Waals surface area contributed by atoms with Gasteiger partial charge in [-0.3, -0.25) is 0 Å². The summed E-state index contributed by atoms with van der Waals surface area (Å²) < 4.78 is 6.02. The first-order chi connectivity index (χ1) is 9.47. The van der Waals surface area contributed by atoms with Gasteiger partial charge in [-0.2, -0.15) is 0 Å². The molecular weight excluding hydrogens is 305 g/mol. The minimum Gasteiger partial charge on any atom is -0.493 e. The van der Waals surface area contributed by atoms with E-state index < -0.39 is 0 Å². The minimum atomic E-state index is 0. The van der Waals surface area contributed by atoms with Crippen molar-refractivity contribution in [3.8, 4) is 5.75 Å². The van der Waals surface area contributed by atoms with Gasteiger partial charge in [0.2, 0.25) is 0 Å². The fraction of sp³-hybridized carbons (Fsp3) is 0.647. The van der Waals surface area contributed by atoms with Crippen molar-refractivity contribution in [3.05, 3.63) is 28.8 Å². The highest BCUT2D eigenvalue weighted by atomic mass is 35.5. The first kappa shape index (κ1) is 18.6. The van der Waals surface area contributed by atoms with Crippen LogP contribution in [0.1, 0.15) is 52.0 Å². The van der Waals surface area contributed by atoms with Gasteiger partial charge in [-0.1, -0.05) is 38.8 Å². The maximum atomic E-state index is 6.11. The Morgan fingerprint density at radius 3 is 2.67 bits per heavy atom. The highest BCUT2D eigenvalue weighted by Gasteiger charge is 2.20. The number of hydrogen-bond acceptors (Lipinski definition) is 2. The van der Waals surface area contributed by atoms with Gasteiger partial charge in [0.1, 0.15) is 5.75 Å². The summed E-state index contributed by atoms with van der Waals surface area (Å²) in [6, 6.07) is 6.55. The fourth-order valence-corrected chi connectivity index (χ4v) is 2.87. The monoisotopic (exact) mass is 331 g/mol. The van der Waals surface area contributed by atoms with Gasteiger partial charge in [0.25, 0.3) is 0 Å². The van der Waals surface area contributed by atoms with Crippen LogP contribution in [0.2, 0.25) is 5.02 Å². The Hall–Kier alpha value is -0.440. The third-order valence-corrected chi connectivity index (χ3v) is 4.12. The third-order valence-electron chi connectivity index (χ3n) is 3.89. The van der Waals surface area contributed by atoms with Crippen molar-refractivity contribution in [1.82, 2.24) is 5.32 Å². The van der Waals surface area contributed by atoms with E-state index in [0.717, 1.165) is 30.3 Å². The second-order valence-corrected chi connectivity index (χ2v) is 7.11. The van der Waals surface area contributed by atoms with Crippen molar-refractivity contribution < 1.29 is 4.74 Å². The molecule has 4 heteroatoms. The lowest BCUT2D eigenvalue weighted by molar-refractivity contribution is 0.263. The van der Waals surface area contributed by atoms with Crippen LogP contribution in [0, 0.1) is 0 Å². The zero-order valence-electron chi connectivity index (χ0n) is 13.2. The molecule has 2 rings (SSSR count). The maximum Gasteiger partial charge on any atom is 0.123 e. The molecule has 1 aromatic carbocycles. The Kier molecular flexibility index (Phi) is 7.32. The number of piperidine rings is 1. The fourth-order valence-electron chi connectivity index (χ4n) is 2.70. The van der Waals surface area contributed by atoms with Crippen LogP contribution in [0.5, 0.6) is 5.75 Å². The molecule has 1 fully saturated rings. The van der Waals surface area contributed by atoms with E-state index in [1.165, 1.54) is 24.8 Å². The largest absolute Gasteiger partial charge is 0.493 e. The SMILES string of the molecule is CC(C)(C)c1cc(Cl)ccc1OCCC1CCCCN1.Cl. The summed E-state index contributed by atoms with van der Waals surface area (Å²) in [5.74, 6) is 0.970. The lowest BCUT2D eigenvalue weighted by Crippen LogP contribution is -2.35. The molecule has 0 saturated carbocycles. The molecule has 0 aromatic heterocycles. The van der Waals surface area contributed by atoms with Crippen LogP contribution >= 0.6 is 24.0 Å². The Morgan fingerprint density at radius 1 is 1.29 bits per heavy atom. The average molecular weight is 332 g/mol. The molecule has 0 amide bonds. The molecule has 1 unspecified atom stereocenters. The lowest BCUT2D eigenvalue weighted by Gasteiger charge is -2.25. The van der Waals surface area contributed by atoms with Crippen LogP contribution in [0.15, 0.2) is 18.2 Å². The van der Waals surface area contributed by atoms with Crippen LogP contribution in [0.3, 0.4) is 0 Å². The quantitative estimate of drug-likeness (QED) is 0.840. The second-order valence-electron chi connectivity index (χ2n) is 6.67. The summed E-state index contributed by atoms with van der Waals surface area (Å²) in [5, 5.41) is 4.33. The topological polar surface area (TPSA) is 21.3 Å².